The third-order valence-corrected chi connectivity index (χ3v) is 4.49. The van der Waals surface area contributed by atoms with E-state index in [4.69, 9.17) is 11.6 Å². The van der Waals surface area contributed by atoms with E-state index in [0.29, 0.717) is 0 Å². The Balaban J connectivity index is 2.26. The summed E-state index contributed by atoms with van der Waals surface area (Å²) in [6.45, 7) is 2.07. The van der Waals surface area contributed by atoms with Gasteiger partial charge in [-0.25, -0.2) is 0 Å². The van der Waals surface area contributed by atoms with Gasteiger partial charge in [-0.1, -0.05) is 46.6 Å². The van der Waals surface area contributed by atoms with E-state index in [9.17, 15) is 0 Å². The van der Waals surface area contributed by atoms with Crippen molar-refractivity contribution in [2.75, 3.05) is 7.05 Å². The number of aromatic nitrogens is 2. The van der Waals surface area contributed by atoms with Gasteiger partial charge in [-0.05, 0) is 31.2 Å². The van der Waals surface area contributed by atoms with Crippen LogP contribution in [0.4, 0.5) is 0 Å². The molecule has 0 radical (unpaired) electrons. The van der Waals surface area contributed by atoms with Crippen molar-refractivity contribution in [3.05, 3.63) is 50.7 Å². The molecule has 0 spiro atoms. The fraction of sp³-hybridized carbons (Fsp3) is 0.400. The summed E-state index contributed by atoms with van der Waals surface area (Å²) in [6.07, 6.45) is 1.68. The second kappa shape index (κ2) is 6.74. The van der Waals surface area contributed by atoms with Crippen LogP contribution in [0.15, 0.2) is 28.7 Å². The number of nitrogens with zero attached hydrogens (tertiary/aromatic N) is 2. The third kappa shape index (κ3) is 3.25. The van der Waals surface area contributed by atoms with Gasteiger partial charge in [-0.15, -0.1) is 0 Å². The quantitative estimate of drug-likeness (QED) is 0.880. The molecule has 5 heteroatoms. The predicted octanol–water partition coefficient (Wildman–Crippen LogP) is 3.90. The number of halogens is 2. The highest BCUT2D eigenvalue weighted by molar-refractivity contribution is 9.10. The number of hydrogen-bond donors (Lipinski definition) is 1. The van der Waals surface area contributed by atoms with Gasteiger partial charge in [0.2, 0.25) is 0 Å². The number of aryl methyl sites for hydroxylation is 2. The minimum absolute atomic E-state index is 0.223. The van der Waals surface area contributed by atoms with Gasteiger partial charge in [0.1, 0.15) is 0 Å². The molecule has 3 nitrogen and oxygen atoms in total. The molecule has 1 atom stereocenters. The first-order chi connectivity index (χ1) is 9.56. The van der Waals surface area contributed by atoms with E-state index in [-0.39, 0.29) is 6.04 Å². The Morgan fingerprint density at radius 1 is 1.35 bits per heavy atom. The molecule has 1 aromatic heterocycles. The van der Waals surface area contributed by atoms with Crippen molar-refractivity contribution < 1.29 is 0 Å². The fourth-order valence-corrected chi connectivity index (χ4v) is 2.95. The van der Waals surface area contributed by atoms with Gasteiger partial charge in [0, 0.05) is 24.0 Å². The molecule has 1 N–H and O–H groups in total. The molecule has 0 amide bonds. The summed E-state index contributed by atoms with van der Waals surface area (Å²) in [7, 11) is 3.92. The molecule has 0 aliphatic rings. The highest BCUT2D eigenvalue weighted by atomic mass is 79.9. The van der Waals surface area contributed by atoms with Gasteiger partial charge in [-0.2, -0.15) is 5.10 Å². The largest absolute Gasteiger partial charge is 0.313 e. The van der Waals surface area contributed by atoms with Crippen LogP contribution in [0.3, 0.4) is 0 Å². The maximum atomic E-state index is 6.42. The molecule has 1 unspecified atom stereocenters. The van der Waals surface area contributed by atoms with E-state index >= 15 is 0 Å². The van der Waals surface area contributed by atoms with Crippen LogP contribution in [0.1, 0.15) is 29.9 Å². The van der Waals surface area contributed by atoms with Gasteiger partial charge < -0.3 is 5.32 Å². The predicted molar refractivity (Wildman–Crippen MR) is 87.2 cm³/mol. The molecule has 0 fully saturated rings. The molecule has 0 aliphatic carbocycles. The molecular weight excluding hydrogens is 338 g/mol. The Labute approximate surface area is 133 Å². The van der Waals surface area contributed by atoms with Crippen molar-refractivity contribution in [3.8, 4) is 0 Å². The van der Waals surface area contributed by atoms with Crippen molar-refractivity contribution in [2.24, 2.45) is 7.05 Å². The standard InChI is InChI=1S/C15H19BrClN3/c1-4-12-15(17)14(20(3)19-12)9-13(18-2)10-5-7-11(16)8-6-10/h5-8,13,18H,4,9H2,1-3H3. The number of rotatable bonds is 5. The molecule has 0 saturated carbocycles. The maximum absolute atomic E-state index is 6.42. The van der Waals surface area contributed by atoms with E-state index in [1.54, 1.807) is 0 Å². The van der Waals surface area contributed by atoms with Crippen molar-refractivity contribution in [1.29, 1.82) is 0 Å². The van der Waals surface area contributed by atoms with Gasteiger partial charge in [-0.3, -0.25) is 4.68 Å². The van der Waals surface area contributed by atoms with Crippen LogP contribution in [-0.4, -0.2) is 16.8 Å². The van der Waals surface area contributed by atoms with Crippen LogP contribution in [0.25, 0.3) is 0 Å². The summed E-state index contributed by atoms with van der Waals surface area (Å²) in [5, 5.41) is 8.62. The first-order valence-electron chi connectivity index (χ1n) is 6.69. The lowest BCUT2D eigenvalue weighted by atomic mass is 10.0. The van der Waals surface area contributed by atoms with Crippen molar-refractivity contribution >= 4 is 27.5 Å². The molecule has 20 heavy (non-hydrogen) atoms. The van der Waals surface area contributed by atoms with Crippen LogP contribution in [0.5, 0.6) is 0 Å². The first kappa shape index (κ1) is 15.5. The van der Waals surface area contributed by atoms with Gasteiger partial charge in [0.15, 0.2) is 0 Å². The third-order valence-electron chi connectivity index (χ3n) is 3.52. The average molecular weight is 357 g/mol. The van der Waals surface area contributed by atoms with Crippen molar-refractivity contribution in [3.63, 3.8) is 0 Å². The van der Waals surface area contributed by atoms with E-state index in [1.165, 1.54) is 5.56 Å². The Kier molecular flexibility index (Phi) is 5.24. The topological polar surface area (TPSA) is 29.9 Å². The molecule has 2 rings (SSSR count). The van der Waals surface area contributed by atoms with Gasteiger partial charge in [0.25, 0.3) is 0 Å². The summed E-state index contributed by atoms with van der Waals surface area (Å²) < 4.78 is 2.98. The molecule has 0 saturated heterocycles. The zero-order valence-electron chi connectivity index (χ0n) is 12.0. The summed E-state index contributed by atoms with van der Waals surface area (Å²) >= 11 is 9.89. The second-order valence-electron chi connectivity index (χ2n) is 4.78. The summed E-state index contributed by atoms with van der Waals surface area (Å²) in [5.74, 6) is 0. The molecule has 1 heterocycles. The summed E-state index contributed by atoms with van der Waals surface area (Å²) in [5.41, 5.74) is 3.28. The summed E-state index contributed by atoms with van der Waals surface area (Å²) in [4.78, 5) is 0. The molecule has 1 aromatic carbocycles. The maximum Gasteiger partial charge on any atom is 0.0850 e. The van der Waals surface area contributed by atoms with Gasteiger partial charge in [0.05, 0.1) is 16.4 Å². The van der Waals surface area contributed by atoms with E-state index < -0.39 is 0 Å². The first-order valence-corrected chi connectivity index (χ1v) is 7.86. The van der Waals surface area contributed by atoms with E-state index in [1.807, 2.05) is 18.8 Å². The van der Waals surface area contributed by atoms with E-state index in [2.05, 4.69) is 57.5 Å². The number of benzene rings is 1. The highest BCUT2D eigenvalue weighted by Crippen LogP contribution is 2.26. The normalized spacial score (nSPS) is 12.7. The summed E-state index contributed by atoms with van der Waals surface area (Å²) in [6, 6.07) is 8.58. The Morgan fingerprint density at radius 3 is 2.50 bits per heavy atom. The van der Waals surface area contributed by atoms with Crippen LogP contribution in [-0.2, 0) is 19.9 Å². The lowest BCUT2D eigenvalue weighted by Crippen LogP contribution is -2.20. The van der Waals surface area contributed by atoms with Crippen molar-refractivity contribution in [1.82, 2.24) is 15.1 Å². The van der Waals surface area contributed by atoms with Crippen LogP contribution < -0.4 is 5.32 Å². The number of likely N-dealkylation sites (N-methyl/N-ethyl adjacent to an activating group) is 1. The molecule has 108 valence electrons. The Morgan fingerprint density at radius 2 is 2.00 bits per heavy atom. The Bertz CT molecular complexity index is 578. The van der Waals surface area contributed by atoms with Crippen LogP contribution in [0.2, 0.25) is 5.02 Å². The lowest BCUT2D eigenvalue weighted by molar-refractivity contribution is 0.561. The van der Waals surface area contributed by atoms with Gasteiger partial charge >= 0.3 is 0 Å². The minimum Gasteiger partial charge on any atom is -0.313 e. The highest BCUT2D eigenvalue weighted by Gasteiger charge is 2.18. The fourth-order valence-electron chi connectivity index (χ4n) is 2.32. The molecule has 0 aliphatic heterocycles. The lowest BCUT2D eigenvalue weighted by Gasteiger charge is -2.17. The average Bonchev–Trinajstić information content (AvgIpc) is 2.72. The molecule has 0 bridgehead atoms. The second-order valence-corrected chi connectivity index (χ2v) is 6.08. The minimum atomic E-state index is 0.223. The smallest absolute Gasteiger partial charge is 0.0850 e. The zero-order chi connectivity index (χ0) is 14.7. The number of hydrogen-bond acceptors (Lipinski definition) is 2. The number of nitrogens with one attached hydrogen (secondary N) is 1. The Hall–Kier alpha value is -0.840. The molecule has 2 aromatic rings. The monoisotopic (exact) mass is 355 g/mol. The zero-order valence-corrected chi connectivity index (χ0v) is 14.3. The van der Waals surface area contributed by atoms with Crippen LogP contribution >= 0.6 is 27.5 Å². The SMILES string of the molecule is CCc1nn(C)c(CC(NC)c2ccc(Br)cc2)c1Cl. The van der Waals surface area contributed by atoms with E-state index in [0.717, 1.165) is 33.7 Å². The molecular formula is C15H19BrClN3. The van der Waals surface area contributed by atoms with Crippen molar-refractivity contribution in [2.45, 2.75) is 25.8 Å². The van der Waals surface area contributed by atoms with Crippen LogP contribution in [0, 0.1) is 0 Å².